The van der Waals surface area contributed by atoms with Crippen LogP contribution in [0.1, 0.15) is 19.8 Å². The molecule has 0 fully saturated rings. The third-order valence-corrected chi connectivity index (χ3v) is 4.30. The Labute approximate surface area is 101 Å². The highest BCUT2D eigenvalue weighted by molar-refractivity contribution is 7.89. The van der Waals surface area contributed by atoms with E-state index in [4.69, 9.17) is 11.6 Å². The predicted molar refractivity (Wildman–Crippen MR) is 64.0 cm³/mol. The van der Waals surface area contributed by atoms with Gasteiger partial charge in [-0.15, -0.1) is 0 Å². The number of sulfonamides is 1. The largest absolute Gasteiger partial charge is 0.244 e. The minimum atomic E-state index is -3.42. The Morgan fingerprint density at radius 1 is 1.44 bits per heavy atom. The third-order valence-electron chi connectivity index (χ3n) is 2.23. The van der Waals surface area contributed by atoms with E-state index in [-0.39, 0.29) is 10.0 Å². The average molecular weight is 263 g/mol. The number of unbranched alkanes of at least 4 members (excludes halogenated alkanes) is 1. The lowest BCUT2D eigenvalue weighted by molar-refractivity contribution is 0.459. The summed E-state index contributed by atoms with van der Waals surface area (Å²) in [7, 11) is -1.85. The first-order valence-electron chi connectivity index (χ1n) is 5.06. The molecule has 0 bridgehead atoms. The van der Waals surface area contributed by atoms with Crippen molar-refractivity contribution in [2.24, 2.45) is 0 Å². The normalized spacial score (nSPS) is 12.0. The highest BCUT2D eigenvalue weighted by Gasteiger charge is 2.20. The second kappa shape index (κ2) is 5.61. The van der Waals surface area contributed by atoms with Gasteiger partial charge in [0.15, 0.2) is 0 Å². The predicted octanol–water partition coefficient (Wildman–Crippen LogP) is 2.16. The van der Waals surface area contributed by atoms with Crippen molar-refractivity contribution in [3.8, 4) is 0 Å². The van der Waals surface area contributed by atoms with Gasteiger partial charge in [0.1, 0.15) is 10.0 Å². The first-order chi connectivity index (χ1) is 7.48. The Balaban J connectivity index is 2.89. The fourth-order valence-corrected chi connectivity index (χ4v) is 2.46. The molecule has 0 unspecified atom stereocenters. The first-order valence-corrected chi connectivity index (χ1v) is 6.88. The van der Waals surface area contributed by atoms with Gasteiger partial charge in [-0.05, 0) is 18.6 Å². The highest BCUT2D eigenvalue weighted by atomic mass is 35.5. The smallest absolute Gasteiger partial charge is 0.243 e. The van der Waals surface area contributed by atoms with Gasteiger partial charge in [0.25, 0.3) is 0 Å². The SMILES string of the molecule is CCCCN(C)S(=O)(=O)c1ccc(Cl)nc1. The molecule has 0 aliphatic rings. The molecule has 4 nitrogen and oxygen atoms in total. The van der Waals surface area contributed by atoms with Crippen molar-refractivity contribution in [1.29, 1.82) is 0 Å². The standard InChI is InChI=1S/C10H15ClN2O2S/c1-3-4-7-13(2)16(14,15)9-5-6-10(11)12-8-9/h5-6,8H,3-4,7H2,1-2H3. The molecule has 0 aliphatic carbocycles. The number of halogens is 1. The molecule has 6 heteroatoms. The Kier molecular flexibility index (Phi) is 4.70. The van der Waals surface area contributed by atoms with Gasteiger partial charge >= 0.3 is 0 Å². The van der Waals surface area contributed by atoms with Crippen LogP contribution in [0, 0.1) is 0 Å². The Morgan fingerprint density at radius 3 is 2.62 bits per heavy atom. The summed E-state index contributed by atoms with van der Waals surface area (Å²) in [6, 6.07) is 2.94. The molecule has 0 N–H and O–H groups in total. The Hall–Kier alpha value is -0.650. The zero-order chi connectivity index (χ0) is 12.2. The molecule has 90 valence electrons. The summed E-state index contributed by atoms with van der Waals surface area (Å²) < 4.78 is 25.3. The summed E-state index contributed by atoms with van der Waals surface area (Å²) in [5, 5.41) is 0.287. The summed E-state index contributed by atoms with van der Waals surface area (Å²) in [6.45, 7) is 2.53. The second-order valence-electron chi connectivity index (χ2n) is 3.50. The van der Waals surface area contributed by atoms with Crippen molar-refractivity contribution in [1.82, 2.24) is 9.29 Å². The van der Waals surface area contributed by atoms with Crippen molar-refractivity contribution >= 4 is 21.6 Å². The lowest BCUT2D eigenvalue weighted by Crippen LogP contribution is -2.27. The number of nitrogens with zero attached hydrogens (tertiary/aromatic N) is 2. The van der Waals surface area contributed by atoms with Gasteiger partial charge in [-0.3, -0.25) is 0 Å². The number of aromatic nitrogens is 1. The van der Waals surface area contributed by atoms with Gasteiger partial charge in [-0.2, -0.15) is 0 Å². The highest BCUT2D eigenvalue weighted by Crippen LogP contribution is 2.15. The van der Waals surface area contributed by atoms with E-state index in [1.165, 1.54) is 22.6 Å². The van der Waals surface area contributed by atoms with Gasteiger partial charge < -0.3 is 0 Å². The summed E-state index contributed by atoms with van der Waals surface area (Å²) >= 11 is 5.61. The van der Waals surface area contributed by atoms with Crippen molar-refractivity contribution in [2.45, 2.75) is 24.7 Å². The molecule has 1 aromatic rings. The number of hydrogen-bond acceptors (Lipinski definition) is 3. The first kappa shape index (κ1) is 13.4. The van der Waals surface area contributed by atoms with E-state index < -0.39 is 10.0 Å². The monoisotopic (exact) mass is 262 g/mol. The van der Waals surface area contributed by atoms with Crippen LogP contribution in [0.5, 0.6) is 0 Å². The molecule has 0 amide bonds. The average Bonchev–Trinajstić information content (AvgIpc) is 2.26. The van der Waals surface area contributed by atoms with Gasteiger partial charge in [0.2, 0.25) is 10.0 Å². The Bertz CT molecular complexity index is 431. The molecule has 0 atom stereocenters. The zero-order valence-electron chi connectivity index (χ0n) is 9.35. The fourth-order valence-electron chi connectivity index (χ4n) is 1.20. The second-order valence-corrected chi connectivity index (χ2v) is 5.93. The minimum absolute atomic E-state index is 0.176. The maximum Gasteiger partial charge on any atom is 0.244 e. The van der Waals surface area contributed by atoms with Crippen molar-refractivity contribution in [3.05, 3.63) is 23.5 Å². The quantitative estimate of drug-likeness (QED) is 0.764. The van der Waals surface area contributed by atoms with Gasteiger partial charge in [-0.25, -0.2) is 17.7 Å². The van der Waals surface area contributed by atoms with Crippen LogP contribution in [0.4, 0.5) is 0 Å². The lowest BCUT2D eigenvalue weighted by Gasteiger charge is -2.16. The van der Waals surface area contributed by atoms with E-state index in [0.717, 1.165) is 12.8 Å². The van der Waals surface area contributed by atoms with Crippen LogP contribution in [-0.2, 0) is 10.0 Å². The molecule has 0 radical (unpaired) electrons. The lowest BCUT2D eigenvalue weighted by atomic mass is 10.3. The summed E-state index contributed by atoms with van der Waals surface area (Å²) in [5.41, 5.74) is 0. The molecule has 0 spiro atoms. The van der Waals surface area contributed by atoms with E-state index in [0.29, 0.717) is 6.54 Å². The van der Waals surface area contributed by atoms with Gasteiger partial charge in [0.05, 0.1) is 0 Å². The van der Waals surface area contributed by atoms with Gasteiger partial charge in [0, 0.05) is 19.8 Å². The van der Waals surface area contributed by atoms with E-state index in [1.54, 1.807) is 7.05 Å². The third kappa shape index (κ3) is 3.17. The Morgan fingerprint density at radius 2 is 2.12 bits per heavy atom. The molecular weight excluding hydrogens is 248 g/mol. The van der Waals surface area contributed by atoms with Crippen LogP contribution < -0.4 is 0 Å². The molecule has 0 aromatic carbocycles. The maximum absolute atomic E-state index is 12.0. The van der Waals surface area contributed by atoms with Crippen molar-refractivity contribution < 1.29 is 8.42 Å². The van der Waals surface area contributed by atoms with E-state index in [2.05, 4.69) is 4.98 Å². The summed E-state index contributed by atoms with van der Waals surface area (Å²) in [6.07, 6.45) is 3.08. The molecule has 16 heavy (non-hydrogen) atoms. The van der Waals surface area contributed by atoms with Crippen LogP contribution >= 0.6 is 11.6 Å². The number of pyridine rings is 1. The number of rotatable bonds is 5. The fraction of sp³-hybridized carbons (Fsp3) is 0.500. The molecule has 1 rings (SSSR count). The van der Waals surface area contributed by atoms with Crippen LogP contribution in [0.3, 0.4) is 0 Å². The molecule has 1 aromatic heterocycles. The van der Waals surface area contributed by atoms with Crippen LogP contribution in [0.2, 0.25) is 5.15 Å². The summed E-state index contributed by atoms with van der Waals surface area (Å²) in [4.78, 5) is 3.94. The number of hydrogen-bond donors (Lipinski definition) is 0. The van der Waals surface area contributed by atoms with Crippen LogP contribution in [0.15, 0.2) is 23.2 Å². The molecule has 0 aliphatic heterocycles. The van der Waals surface area contributed by atoms with Crippen LogP contribution in [0.25, 0.3) is 0 Å². The van der Waals surface area contributed by atoms with Crippen LogP contribution in [-0.4, -0.2) is 31.3 Å². The molecule has 0 saturated heterocycles. The molecular formula is C10H15ClN2O2S. The van der Waals surface area contributed by atoms with E-state index in [1.807, 2.05) is 6.92 Å². The topological polar surface area (TPSA) is 50.3 Å². The van der Waals surface area contributed by atoms with E-state index in [9.17, 15) is 8.42 Å². The minimum Gasteiger partial charge on any atom is -0.243 e. The van der Waals surface area contributed by atoms with E-state index >= 15 is 0 Å². The molecule has 1 heterocycles. The van der Waals surface area contributed by atoms with Gasteiger partial charge in [-0.1, -0.05) is 24.9 Å². The maximum atomic E-state index is 12.0. The van der Waals surface area contributed by atoms with Crippen molar-refractivity contribution in [3.63, 3.8) is 0 Å². The zero-order valence-corrected chi connectivity index (χ0v) is 10.9. The van der Waals surface area contributed by atoms with Crippen molar-refractivity contribution in [2.75, 3.05) is 13.6 Å². The molecule has 0 saturated carbocycles. The summed E-state index contributed by atoms with van der Waals surface area (Å²) in [5.74, 6) is 0.